The highest BCUT2D eigenvalue weighted by atomic mass is 19.1. The van der Waals surface area contributed by atoms with Crippen LogP contribution in [-0.4, -0.2) is 42.8 Å². The zero-order valence-corrected chi connectivity index (χ0v) is 13.3. The van der Waals surface area contributed by atoms with E-state index < -0.39 is 0 Å². The SMILES string of the molecule is CCCCN(CCO)CCC(NCC)c1ccccc1F. The summed E-state index contributed by atoms with van der Waals surface area (Å²) < 4.78 is 13.9. The molecule has 0 aliphatic heterocycles. The topological polar surface area (TPSA) is 35.5 Å². The number of aliphatic hydroxyl groups is 1. The van der Waals surface area contributed by atoms with Crippen LogP contribution in [0.5, 0.6) is 0 Å². The molecule has 3 nitrogen and oxygen atoms in total. The van der Waals surface area contributed by atoms with E-state index in [0.717, 1.165) is 44.5 Å². The van der Waals surface area contributed by atoms with Gasteiger partial charge in [0.05, 0.1) is 6.61 Å². The molecule has 4 heteroatoms. The third-order valence-corrected chi connectivity index (χ3v) is 3.71. The quantitative estimate of drug-likeness (QED) is 0.659. The molecule has 1 aromatic carbocycles. The molecule has 2 N–H and O–H groups in total. The Hall–Kier alpha value is -0.970. The third-order valence-electron chi connectivity index (χ3n) is 3.71. The molecule has 0 radical (unpaired) electrons. The standard InChI is InChI=1S/C17H29FN2O/c1-3-5-11-20(13-14-21)12-10-17(19-4-2)15-8-6-7-9-16(15)18/h6-9,17,19,21H,3-5,10-14H2,1-2H3. The lowest BCUT2D eigenvalue weighted by atomic mass is 10.0. The number of halogens is 1. The lowest BCUT2D eigenvalue weighted by molar-refractivity contribution is 0.187. The molecule has 21 heavy (non-hydrogen) atoms. The maximum atomic E-state index is 13.9. The van der Waals surface area contributed by atoms with Crippen LogP contribution in [0, 0.1) is 5.82 Å². The second kappa shape index (κ2) is 10.7. The molecule has 120 valence electrons. The molecule has 1 rings (SSSR count). The fourth-order valence-corrected chi connectivity index (χ4v) is 2.54. The number of rotatable bonds is 11. The maximum Gasteiger partial charge on any atom is 0.127 e. The van der Waals surface area contributed by atoms with Gasteiger partial charge in [0, 0.05) is 24.7 Å². The van der Waals surface area contributed by atoms with Crippen LogP contribution in [0.2, 0.25) is 0 Å². The van der Waals surface area contributed by atoms with Gasteiger partial charge in [0.15, 0.2) is 0 Å². The van der Waals surface area contributed by atoms with Crippen LogP contribution in [0.3, 0.4) is 0 Å². The van der Waals surface area contributed by atoms with Crippen LogP contribution in [0.1, 0.15) is 44.7 Å². The van der Waals surface area contributed by atoms with E-state index in [0.29, 0.717) is 6.54 Å². The zero-order valence-electron chi connectivity index (χ0n) is 13.3. The van der Waals surface area contributed by atoms with Crippen molar-refractivity contribution in [2.45, 2.75) is 39.2 Å². The third kappa shape index (κ3) is 6.55. The van der Waals surface area contributed by atoms with Gasteiger partial charge in [-0.05, 0) is 32.0 Å². The van der Waals surface area contributed by atoms with E-state index in [2.05, 4.69) is 17.1 Å². The molecule has 0 heterocycles. The molecular formula is C17H29FN2O. The van der Waals surface area contributed by atoms with Gasteiger partial charge < -0.3 is 15.3 Å². The Kier molecular flexibility index (Phi) is 9.22. The minimum Gasteiger partial charge on any atom is -0.395 e. The maximum absolute atomic E-state index is 13.9. The zero-order chi connectivity index (χ0) is 15.5. The number of hydrogen-bond acceptors (Lipinski definition) is 3. The van der Waals surface area contributed by atoms with Crippen molar-refractivity contribution in [3.8, 4) is 0 Å². The number of unbranched alkanes of at least 4 members (excludes halogenated alkanes) is 1. The van der Waals surface area contributed by atoms with Gasteiger partial charge in [0.1, 0.15) is 5.82 Å². The van der Waals surface area contributed by atoms with E-state index in [9.17, 15) is 4.39 Å². The van der Waals surface area contributed by atoms with E-state index in [1.54, 1.807) is 6.07 Å². The van der Waals surface area contributed by atoms with E-state index >= 15 is 0 Å². The van der Waals surface area contributed by atoms with Crippen molar-refractivity contribution >= 4 is 0 Å². The van der Waals surface area contributed by atoms with E-state index in [-0.39, 0.29) is 18.5 Å². The summed E-state index contributed by atoms with van der Waals surface area (Å²) in [5.74, 6) is -0.147. The number of nitrogens with zero attached hydrogens (tertiary/aromatic N) is 1. The van der Waals surface area contributed by atoms with Crippen molar-refractivity contribution in [3.05, 3.63) is 35.6 Å². The first-order chi connectivity index (χ1) is 10.2. The Morgan fingerprint density at radius 3 is 2.57 bits per heavy atom. The monoisotopic (exact) mass is 296 g/mol. The summed E-state index contributed by atoms with van der Waals surface area (Å²) in [6.07, 6.45) is 3.12. The molecular weight excluding hydrogens is 267 g/mol. The largest absolute Gasteiger partial charge is 0.395 e. The highest BCUT2D eigenvalue weighted by molar-refractivity contribution is 5.21. The van der Waals surface area contributed by atoms with Gasteiger partial charge in [-0.3, -0.25) is 0 Å². The predicted molar refractivity (Wildman–Crippen MR) is 85.9 cm³/mol. The average molecular weight is 296 g/mol. The highest BCUT2D eigenvalue weighted by Crippen LogP contribution is 2.20. The number of aliphatic hydroxyl groups excluding tert-OH is 1. The van der Waals surface area contributed by atoms with Gasteiger partial charge >= 0.3 is 0 Å². The minimum atomic E-state index is -0.147. The van der Waals surface area contributed by atoms with Crippen LogP contribution in [-0.2, 0) is 0 Å². The van der Waals surface area contributed by atoms with Crippen LogP contribution < -0.4 is 5.32 Å². The van der Waals surface area contributed by atoms with Crippen molar-refractivity contribution < 1.29 is 9.50 Å². The van der Waals surface area contributed by atoms with Gasteiger partial charge in [-0.25, -0.2) is 4.39 Å². The predicted octanol–water partition coefficient (Wildman–Crippen LogP) is 2.96. The molecule has 0 aliphatic carbocycles. The number of benzene rings is 1. The Balaban J connectivity index is 2.62. The lowest BCUT2D eigenvalue weighted by Gasteiger charge is -2.25. The molecule has 0 aliphatic rings. The second-order valence-electron chi connectivity index (χ2n) is 5.34. The Morgan fingerprint density at radius 2 is 1.95 bits per heavy atom. The van der Waals surface area contributed by atoms with Crippen molar-refractivity contribution in [1.29, 1.82) is 0 Å². The van der Waals surface area contributed by atoms with Gasteiger partial charge in [-0.1, -0.05) is 38.5 Å². The fourth-order valence-electron chi connectivity index (χ4n) is 2.54. The molecule has 0 saturated carbocycles. The first kappa shape index (κ1) is 18.1. The molecule has 1 unspecified atom stereocenters. The normalized spacial score (nSPS) is 12.8. The Bertz CT molecular complexity index is 387. The van der Waals surface area contributed by atoms with Crippen LogP contribution in [0.15, 0.2) is 24.3 Å². The summed E-state index contributed by atoms with van der Waals surface area (Å²) in [6, 6.07) is 7.00. The average Bonchev–Trinajstić information content (AvgIpc) is 2.49. The molecule has 0 spiro atoms. The van der Waals surface area contributed by atoms with Gasteiger partial charge in [-0.2, -0.15) is 0 Å². The Labute approximate surface area is 128 Å². The molecule has 1 aromatic rings. The highest BCUT2D eigenvalue weighted by Gasteiger charge is 2.15. The van der Waals surface area contributed by atoms with Crippen molar-refractivity contribution in [2.75, 3.05) is 32.8 Å². The van der Waals surface area contributed by atoms with Gasteiger partial charge in [0.25, 0.3) is 0 Å². The first-order valence-electron chi connectivity index (χ1n) is 8.03. The van der Waals surface area contributed by atoms with E-state index in [1.165, 1.54) is 6.07 Å². The summed E-state index contributed by atoms with van der Waals surface area (Å²) >= 11 is 0. The lowest BCUT2D eigenvalue weighted by Crippen LogP contribution is -2.32. The first-order valence-corrected chi connectivity index (χ1v) is 8.03. The molecule has 0 saturated heterocycles. The summed E-state index contributed by atoms with van der Waals surface area (Å²) in [5.41, 5.74) is 0.735. The molecule has 1 atom stereocenters. The molecule has 0 aromatic heterocycles. The summed E-state index contributed by atoms with van der Waals surface area (Å²) in [7, 11) is 0. The van der Waals surface area contributed by atoms with Crippen molar-refractivity contribution in [3.63, 3.8) is 0 Å². The van der Waals surface area contributed by atoms with Gasteiger partial charge in [0.2, 0.25) is 0 Å². The van der Waals surface area contributed by atoms with Crippen molar-refractivity contribution in [2.24, 2.45) is 0 Å². The van der Waals surface area contributed by atoms with Gasteiger partial charge in [-0.15, -0.1) is 0 Å². The number of hydrogen-bond donors (Lipinski definition) is 2. The smallest absolute Gasteiger partial charge is 0.127 e. The summed E-state index contributed by atoms with van der Waals surface area (Å²) in [6.45, 7) is 7.74. The van der Waals surface area contributed by atoms with E-state index in [4.69, 9.17) is 5.11 Å². The summed E-state index contributed by atoms with van der Waals surface area (Å²) in [4.78, 5) is 2.26. The fraction of sp³-hybridized carbons (Fsp3) is 0.647. The van der Waals surface area contributed by atoms with Crippen molar-refractivity contribution in [1.82, 2.24) is 10.2 Å². The second-order valence-corrected chi connectivity index (χ2v) is 5.34. The van der Waals surface area contributed by atoms with Crippen LogP contribution >= 0.6 is 0 Å². The minimum absolute atomic E-state index is 0.0269. The Morgan fingerprint density at radius 1 is 1.19 bits per heavy atom. The molecule has 0 bridgehead atoms. The van der Waals surface area contributed by atoms with Crippen LogP contribution in [0.4, 0.5) is 4.39 Å². The molecule has 0 fully saturated rings. The summed E-state index contributed by atoms with van der Waals surface area (Å²) in [5, 5.41) is 12.5. The molecule has 0 amide bonds. The van der Waals surface area contributed by atoms with E-state index in [1.807, 2.05) is 19.1 Å². The number of nitrogens with one attached hydrogen (secondary N) is 1. The van der Waals surface area contributed by atoms with Crippen LogP contribution in [0.25, 0.3) is 0 Å².